The molecule has 0 saturated heterocycles. The van der Waals surface area contributed by atoms with Crippen molar-refractivity contribution in [1.82, 2.24) is 0 Å². The van der Waals surface area contributed by atoms with Gasteiger partial charge >= 0.3 is 0 Å². The maximum atomic E-state index is 10.2. The molecule has 0 heterocycles. The Morgan fingerprint density at radius 2 is 1.43 bits per heavy atom. The Morgan fingerprint density at radius 1 is 0.810 bits per heavy atom. The third-order valence-corrected chi connectivity index (χ3v) is 4.74. The maximum absolute atomic E-state index is 10.2. The van der Waals surface area contributed by atoms with E-state index in [0.717, 1.165) is 18.8 Å². The number of hydrogen-bond acceptors (Lipinski definition) is 5. The predicted molar refractivity (Wildman–Crippen MR) is 79.2 cm³/mol. The van der Waals surface area contributed by atoms with Crippen molar-refractivity contribution >= 4 is 0 Å². The van der Waals surface area contributed by atoms with E-state index in [2.05, 4.69) is 0 Å². The fraction of sp³-hybridized carbons (Fsp3) is 1.00. The Hall–Kier alpha value is -0.200. The fourth-order valence-electron chi connectivity index (χ4n) is 3.65. The molecule has 0 bridgehead atoms. The van der Waals surface area contributed by atoms with Crippen LogP contribution in [0, 0.1) is 11.8 Å². The first kappa shape index (κ1) is 17.2. The highest BCUT2D eigenvalue weighted by atomic mass is 16.6. The van der Waals surface area contributed by atoms with E-state index in [1.807, 2.05) is 0 Å². The quantitative estimate of drug-likeness (QED) is 0.629. The molecule has 0 aliphatic heterocycles. The third kappa shape index (κ3) is 5.83. The molecule has 0 spiro atoms. The molecule has 0 aromatic rings. The van der Waals surface area contributed by atoms with Gasteiger partial charge in [-0.25, -0.2) is 0 Å². The Balaban J connectivity index is 1.53. The van der Waals surface area contributed by atoms with Gasteiger partial charge in [0.15, 0.2) is 0 Å². The van der Waals surface area contributed by atoms with Crippen LogP contribution in [0.4, 0.5) is 0 Å². The number of rotatable bonds is 9. The van der Waals surface area contributed by atoms with Crippen molar-refractivity contribution in [3.05, 3.63) is 0 Å². The fourth-order valence-corrected chi connectivity index (χ4v) is 3.65. The number of ether oxygens (including phenoxy) is 3. The normalized spacial score (nSPS) is 32.9. The van der Waals surface area contributed by atoms with E-state index in [-0.39, 0.29) is 18.8 Å². The van der Waals surface area contributed by atoms with E-state index in [4.69, 9.17) is 19.3 Å². The first-order valence-electron chi connectivity index (χ1n) is 8.37. The molecule has 5 nitrogen and oxygen atoms in total. The summed E-state index contributed by atoms with van der Waals surface area (Å²) >= 11 is 0. The number of fused-ring (bicyclic) bond motifs is 1. The molecule has 2 aliphatic carbocycles. The van der Waals surface area contributed by atoms with E-state index in [1.165, 1.54) is 25.7 Å². The summed E-state index contributed by atoms with van der Waals surface area (Å²) in [5.41, 5.74) is 0. The minimum Gasteiger partial charge on any atom is -0.394 e. The first-order chi connectivity index (χ1) is 10.3. The minimum atomic E-state index is -0.308. The van der Waals surface area contributed by atoms with Crippen LogP contribution in [0.5, 0.6) is 0 Å². The highest BCUT2D eigenvalue weighted by Gasteiger charge is 2.37. The second kappa shape index (κ2) is 9.74. The van der Waals surface area contributed by atoms with Gasteiger partial charge in [0.25, 0.3) is 0 Å². The minimum absolute atomic E-state index is 0.0152. The SMILES string of the molecule is OCCOCCOCCOC1CC2CCCCC2CC1O. The van der Waals surface area contributed by atoms with Gasteiger partial charge in [-0.05, 0) is 24.7 Å². The van der Waals surface area contributed by atoms with Crippen LogP contribution in [0.25, 0.3) is 0 Å². The molecule has 2 fully saturated rings. The van der Waals surface area contributed by atoms with Crippen molar-refractivity contribution in [2.24, 2.45) is 11.8 Å². The topological polar surface area (TPSA) is 68.2 Å². The van der Waals surface area contributed by atoms with Gasteiger partial charge in [-0.15, -0.1) is 0 Å². The second-order valence-electron chi connectivity index (χ2n) is 6.20. The van der Waals surface area contributed by atoms with Gasteiger partial charge in [-0.1, -0.05) is 25.7 Å². The molecule has 4 unspecified atom stereocenters. The molecule has 2 rings (SSSR count). The van der Waals surface area contributed by atoms with Crippen LogP contribution < -0.4 is 0 Å². The van der Waals surface area contributed by atoms with E-state index >= 15 is 0 Å². The van der Waals surface area contributed by atoms with E-state index in [0.29, 0.717) is 39.0 Å². The van der Waals surface area contributed by atoms with Crippen LogP contribution >= 0.6 is 0 Å². The van der Waals surface area contributed by atoms with E-state index < -0.39 is 0 Å². The average molecular weight is 302 g/mol. The lowest BCUT2D eigenvalue weighted by Gasteiger charge is -2.41. The lowest BCUT2D eigenvalue weighted by molar-refractivity contribution is -0.105. The molecule has 2 saturated carbocycles. The Bertz CT molecular complexity index is 273. The highest BCUT2D eigenvalue weighted by Crippen LogP contribution is 2.41. The molecule has 2 aliphatic rings. The third-order valence-electron chi connectivity index (χ3n) is 4.74. The van der Waals surface area contributed by atoms with E-state index in [9.17, 15) is 5.11 Å². The van der Waals surface area contributed by atoms with Crippen LogP contribution in [-0.2, 0) is 14.2 Å². The van der Waals surface area contributed by atoms with Crippen molar-refractivity contribution in [3.63, 3.8) is 0 Å². The second-order valence-corrected chi connectivity index (χ2v) is 6.20. The lowest BCUT2D eigenvalue weighted by Crippen LogP contribution is -2.42. The summed E-state index contributed by atoms with van der Waals surface area (Å²) in [4.78, 5) is 0. The molecule has 0 aromatic carbocycles. The molecular formula is C16H30O5. The van der Waals surface area contributed by atoms with Crippen molar-refractivity contribution in [3.8, 4) is 0 Å². The summed E-state index contributed by atoms with van der Waals surface area (Å²) in [6.45, 7) is 2.47. The molecule has 0 aromatic heterocycles. The first-order valence-corrected chi connectivity index (χ1v) is 8.37. The van der Waals surface area contributed by atoms with Gasteiger partial charge in [0.05, 0.1) is 51.8 Å². The molecule has 0 amide bonds. The number of aliphatic hydroxyl groups excluding tert-OH is 2. The maximum Gasteiger partial charge on any atom is 0.0837 e. The van der Waals surface area contributed by atoms with Crippen LogP contribution in [0.1, 0.15) is 38.5 Å². The van der Waals surface area contributed by atoms with Crippen molar-refractivity contribution in [1.29, 1.82) is 0 Å². The largest absolute Gasteiger partial charge is 0.394 e. The highest BCUT2D eigenvalue weighted by molar-refractivity contribution is 4.88. The van der Waals surface area contributed by atoms with Crippen LogP contribution in [0.2, 0.25) is 0 Å². The molecule has 5 heteroatoms. The Morgan fingerprint density at radius 3 is 2.14 bits per heavy atom. The van der Waals surface area contributed by atoms with Gasteiger partial charge in [0.2, 0.25) is 0 Å². The van der Waals surface area contributed by atoms with Crippen molar-refractivity contribution in [2.45, 2.75) is 50.7 Å². The molecule has 4 atom stereocenters. The summed E-state index contributed by atoms with van der Waals surface area (Å²) in [6, 6.07) is 0. The van der Waals surface area contributed by atoms with Gasteiger partial charge in [0, 0.05) is 0 Å². The zero-order valence-electron chi connectivity index (χ0n) is 12.9. The molecule has 2 N–H and O–H groups in total. The smallest absolute Gasteiger partial charge is 0.0837 e. The van der Waals surface area contributed by atoms with Gasteiger partial charge in [0.1, 0.15) is 0 Å². The zero-order chi connectivity index (χ0) is 14.9. The van der Waals surface area contributed by atoms with Gasteiger partial charge < -0.3 is 24.4 Å². The Kier molecular flexibility index (Phi) is 7.96. The summed E-state index contributed by atoms with van der Waals surface area (Å²) in [5, 5.41) is 18.7. The van der Waals surface area contributed by atoms with Crippen molar-refractivity contribution < 1.29 is 24.4 Å². The zero-order valence-corrected chi connectivity index (χ0v) is 12.9. The van der Waals surface area contributed by atoms with Gasteiger partial charge in [-0.3, -0.25) is 0 Å². The lowest BCUT2D eigenvalue weighted by atomic mass is 9.69. The summed E-state index contributed by atoms with van der Waals surface area (Å²) < 4.78 is 16.3. The summed E-state index contributed by atoms with van der Waals surface area (Å²) in [5.74, 6) is 1.47. The molecule has 124 valence electrons. The number of hydrogen-bond donors (Lipinski definition) is 2. The van der Waals surface area contributed by atoms with Crippen molar-refractivity contribution in [2.75, 3.05) is 39.6 Å². The van der Waals surface area contributed by atoms with E-state index in [1.54, 1.807) is 0 Å². The monoisotopic (exact) mass is 302 g/mol. The van der Waals surface area contributed by atoms with Crippen LogP contribution in [-0.4, -0.2) is 62.1 Å². The Labute approximate surface area is 127 Å². The summed E-state index contributed by atoms with van der Waals surface area (Å²) in [6.07, 6.45) is 6.83. The summed E-state index contributed by atoms with van der Waals surface area (Å²) in [7, 11) is 0. The molecule has 21 heavy (non-hydrogen) atoms. The average Bonchev–Trinajstić information content (AvgIpc) is 2.50. The number of aliphatic hydroxyl groups is 2. The van der Waals surface area contributed by atoms with Crippen LogP contribution in [0.15, 0.2) is 0 Å². The molecule has 0 radical (unpaired) electrons. The standard InChI is InChI=1S/C16H30O5/c17-5-6-19-7-8-20-9-10-21-16-12-14-4-2-1-3-13(14)11-15(16)18/h13-18H,1-12H2. The van der Waals surface area contributed by atoms with Gasteiger partial charge in [-0.2, -0.15) is 0 Å². The molecular weight excluding hydrogens is 272 g/mol. The van der Waals surface area contributed by atoms with Crippen LogP contribution in [0.3, 0.4) is 0 Å². The predicted octanol–water partition coefficient (Wildman–Crippen LogP) is 1.36.